The van der Waals surface area contributed by atoms with E-state index in [9.17, 15) is 0 Å². The topological polar surface area (TPSA) is 0 Å². The van der Waals surface area contributed by atoms with Crippen molar-refractivity contribution in [3.8, 4) is 29.2 Å². The largest absolute Gasteiger partial charge is 1.00 e. The summed E-state index contributed by atoms with van der Waals surface area (Å²) >= 11 is 0. The molecule has 0 rings (SSSR count). The van der Waals surface area contributed by atoms with Crippen molar-refractivity contribution in [2.45, 2.75) is 19.6 Å². The molecule has 0 aliphatic carbocycles. The van der Waals surface area contributed by atoms with E-state index in [-0.39, 0.29) is 18.9 Å². The maximum atomic E-state index is 6.46. The van der Waals surface area contributed by atoms with E-state index in [1.165, 1.54) is 0 Å². The molecule has 0 aliphatic heterocycles. The summed E-state index contributed by atoms with van der Waals surface area (Å²) in [5, 5.41) is 0. The summed E-state index contributed by atoms with van der Waals surface area (Å²) in [6.07, 6.45) is 6.46. The van der Waals surface area contributed by atoms with Crippen molar-refractivity contribution < 1.29 is 18.9 Å². The summed E-state index contributed by atoms with van der Waals surface area (Å²) in [7, 11) is -1.26. The molecule has 0 heterocycles. The van der Waals surface area contributed by atoms with Gasteiger partial charge in [0, 0.05) is 0 Å². The first-order chi connectivity index (χ1) is 4.56. The summed E-state index contributed by atoms with van der Waals surface area (Å²) in [4.78, 5) is 0. The third-order valence-corrected chi connectivity index (χ3v) is 1.50. The van der Waals surface area contributed by atoms with Gasteiger partial charge in [0.15, 0.2) is 0 Å². The second-order valence-corrected chi connectivity index (χ2v) is 7.62. The molecular weight excluding hydrogens is 143 g/mol. The molecule has 0 aromatic rings. The van der Waals surface area contributed by atoms with Gasteiger partial charge in [-0.2, -0.15) is 0 Å². The fourth-order valence-corrected chi connectivity index (χ4v) is 0.719. The Labute approximate surface area is 82.3 Å². The van der Waals surface area contributed by atoms with Crippen molar-refractivity contribution >= 4 is 8.07 Å². The van der Waals surface area contributed by atoms with Gasteiger partial charge in [-0.3, -0.25) is 5.92 Å². The molecule has 0 aliphatic rings. The minimum atomic E-state index is -1.26. The molecule has 0 aromatic carbocycles. The monoisotopic (exact) mass is 152 g/mol. The maximum absolute atomic E-state index is 6.46. The third kappa shape index (κ3) is 12.6. The van der Waals surface area contributed by atoms with E-state index >= 15 is 0 Å². The second-order valence-electron chi connectivity index (χ2n) is 2.88. The van der Waals surface area contributed by atoms with Crippen LogP contribution in [0.3, 0.4) is 0 Å². The van der Waals surface area contributed by atoms with Crippen molar-refractivity contribution in [1.82, 2.24) is 0 Å². The molecular formula is C9H9LiSi. The molecule has 0 spiro atoms. The van der Waals surface area contributed by atoms with Crippen LogP contribution in [-0.2, 0) is 0 Å². The van der Waals surface area contributed by atoms with Crippen molar-refractivity contribution in [3.05, 3.63) is 6.42 Å². The van der Waals surface area contributed by atoms with Gasteiger partial charge in [-0.1, -0.05) is 19.6 Å². The molecule has 0 radical (unpaired) electrons. The second kappa shape index (κ2) is 6.22. The van der Waals surface area contributed by atoms with Gasteiger partial charge in [-0.25, -0.2) is 5.92 Å². The van der Waals surface area contributed by atoms with Crippen LogP contribution in [0.2, 0.25) is 19.6 Å². The van der Waals surface area contributed by atoms with Gasteiger partial charge in [0.2, 0.25) is 0 Å². The summed E-state index contributed by atoms with van der Waals surface area (Å²) < 4.78 is 0. The first-order valence-electron chi connectivity index (χ1n) is 3.00. The van der Waals surface area contributed by atoms with Crippen LogP contribution in [0.25, 0.3) is 0 Å². The van der Waals surface area contributed by atoms with Gasteiger partial charge in [0.1, 0.15) is 8.07 Å². The van der Waals surface area contributed by atoms with Crippen molar-refractivity contribution in [2.75, 3.05) is 0 Å². The first kappa shape index (κ1) is 13.1. The zero-order valence-electron chi connectivity index (χ0n) is 7.50. The van der Waals surface area contributed by atoms with Crippen molar-refractivity contribution in [1.29, 1.82) is 0 Å². The minimum Gasteiger partial charge on any atom is -0.358 e. The Balaban J connectivity index is 0. The molecule has 0 saturated heterocycles. The van der Waals surface area contributed by atoms with Gasteiger partial charge in [-0.15, -0.1) is 11.5 Å². The molecule has 0 amide bonds. The van der Waals surface area contributed by atoms with Gasteiger partial charge < -0.3 is 6.42 Å². The van der Waals surface area contributed by atoms with Gasteiger partial charge in [-0.05, 0) is 5.92 Å². The van der Waals surface area contributed by atoms with E-state index in [4.69, 9.17) is 6.42 Å². The number of rotatable bonds is 0. The van der Waals surface area contributed by atoms with Crippen molar-refractivity contribution in [2.24, 2.45) is 0 Å². The minimum absolute atomic E-state index is 0. The molecule has 0 bridgehead atoms. The third-order valence-electron chi connectivity index (χ3n) is 0.625. The number of hydrogen-bond acceptors (Lipinski definition) is 0. The fourth-order valence-electron chi connectivity index (χ4n) is 0.281. The Morgan fingerprint density at radius 3 is 1.91 bits per heavy atom. The van der Waals surface area contributed by atoms with E-state index in [0.29, 0.717) is 0 Å². The Hall–Kier alpha value is -0.506. The van der Waals surface area contributed by atoms with Crippen LogP contribution >= 0.6 is 0 Å². The fraction of sp³-hybridized carbons (Fsp3) is 0.333. The Bertz CT molecular complexity index is 256. The van der Waals surface area contributed by atoms with Gasteiger partial charge >= 0.3 is 18.9 Å². The molecule has 0 saturated carbocycles. The smallest absolute Gasteiger partial charge is 0.358 e. The van der Waals surface area contributed by atoms with E-state index in [0.717, 1.165) is 0 Å². The SMILES string of the molecule is [C-]#CC#CC#C[Si](C)(C)C.[Li+]. The molecule has 0 N–H and O–H groups in total. The molecule has 0 fully saturated rings. The molecule has 0 aromatic heterocycles. The van der Waals surface area contributed by atoms with Crippen LogP contribution < -0.4 is 18.9 Å². The number of hydrogen-bond donors (Lipinski definition) is 0. The van der Waals surface area contributed by atoms with E-state index in [2.05, 4.69) is 42.9 Å². The Morgan fingerprint density at radius 1 is 1.00 bits per heavy atom. The Morgan fingerprint density at radius 2 is 1.55 bits per heavy atom. The average molecular weight is 152 g/mol. The van der Waals surface area contributed by atoms with Gasteiger partial charge in [0.25, 0.3) is 0 Å². The van der Waals surface area contributed by atoms with Crippen LogP contribution in [0.5, 0.6) is 0 Å². The van der Waals surface area contributed by atoms with E-state index in [1.54, 1.807) is 0 Å². The standard InChI is InChI=1S/C9H9Si.Li/c1-5-6-7-8-9-10(2,3)4;/h2-4H3;/q-1;+1. The Kier molecular flexibility index (Phi) is 7.41. The van der Waals surface area contributed by atoms with E-state index in [1.807, 2.05) is 5.92 Å². The molecule has 50 valence electrons. The van der Waals surface area contributed by atoms with Crippen molar-refractivity contribution in [3.63, 3.8) is 0 Å². The summed E-state index contributed by atoms with van der Waals surface area (Å²) in [5.74, 6) is 9.50. The molecule has 11 heavy (non-hydrogen) atoms. The van der Waals surface area contributed by atoms with Crippen LogP contribution in [0.4, 0.5) is 0 Å². The maximum Gasteiger partial charge on any atom is 1.00 e. The van der Waals surface area contributed by atoms with Gasteiger partial charge in [0.05, 0.1) is 0 Å². The summed E-state index contributed by atoms with van der Waals surface area (Å²) in [5.41, 5.74) is 3.05. The molecule has 2 heteroatoms. The van der Waals surface area contributed by atoms with Crippen LogP contribution in [0, 0.1) is 35.6 Å². The quantitative estimate of drug-likeness (QED) is 0.224. The zero-order valence-corrected chi connectivity index (χ0v) is 8.50. The normalized spacial score (nSPS) is 7.09. The molecule has 0 nitrogen and oxygen atoms in total. The molecule has 0 unspecified atom stereocenters. The predicted octanol–water partition coefficient (Wildman–Crippen LogP) is -1.54. The first-order valence-corrected chi connectivity index (χ1v) is 6.50. The zero-order chi connectivity index (χ0) is 8.04. The average Bonchev–Trinajstić information content (AvgIpc) is 1.78. The predicted molar refractivity (Wildman–Crippen MR) is 46.0 cm³/mol. The van der Waals surface area contributed by atoms with Crippen LogP contribution in [0.1, 0.15) is 0 Å². The summed E-state index contributed by atoms with van der Waals surface area (Å²) in [6, 6.07) is 0. The summed E-state index contributed by atoms with van der Waals surface area (Å²) in [6.45, 7) is 6.45. The van der Waals surface area contributed by atoms with Crippen LogP contribution in [0.15, 0.2) is 0 Å². The van der Waals surface area contributed by atoms with Crippen LogP contribution in [-0.4, -0.2) is 8.07 Å². The van der Waals surface area contributed by atoms with E-state index < -0.39 is 8.07 Å². The molecule has 0 atom stereocenters.